The van der Waals surface area contributed by atoms with Crippen LogP contribution in [0, 0.1) is 17.3 Å². The number of hydrogen-bond donors (Lipinski definition) is 1. The number of nitrogens with one attached hydrogen (secondary N) is 1. The third-order valence-corrected chi connectivity index (χ3v) is 14.0. The Bertz CT molecular complexity index is 1650. The summed E-state index contributed by atoms with van der Waals surface area (Å²) in [5, 5.41) is 1.45. The van der Waals surface area contributed by atoms with Gasteiger partial charge in [-0.15, -0.1) is 0 Å². The molecule has 11 atom stereocenters. The molecule has 0 amide bonds. The first-order valence-electron chi connectivity index (χ1n) is 17.1. The molecule has 1 aromatic heterocycles. The lowest BCUT2D eigenvalue weighted by atomic mass is 9.44. The SMILES string of the molecule is CC1(C)OC1Cc1cccc2[nH]c3c(c12)C[C@@H]1CCC2C45OC4C4OC(C6OC6(C)C)OC(C)(C)C4OC5=CC[C@]2(C)[C@@]31C. The van der Waals surface area contributed by atoms with Crippen LogP contribution in [0.1, 0.15) is 91.5 Å². The average molecular weight is 602 g/mol. The molecule has 7 heteroatoms. The molecule has 44 heavy (non-hydrogen) atoms. The van der Waals surface area contributed by atoms with Crippen molar-refractivity contribution in [3.8, 4) is 0 Å². The van der Waals surface area contributed by atoms with Crippen molar-refractivity contribution in [1.82, 2.24) is 4.98 Å². The van der Waals surface area contributed by atoms with Gasteiger partial charge in [-0.3, -0.25) is 0 Å². The molecule has 3 aliphatic carbocycles. The molecule has 6 fully saturated rings. The summed E-state index contributed by atoms with van der Waals surface area (Å²) in [4.78, 5) is 4.03. The van der Waals surface area contributed by atoms with Crippen LogP contribution in [0.3, 0.4) is 0 Å². The molecule has 1 aromatic carbocycles. The van der Waals surface area contributed by atoms with Gasteiger partial charge in [0.05, 0.1) is 17.3 Å². The maximum Gasteiger partial charge on any atom is 0.188 e. The molecule has 1 saturated carbocycles. The zero-order valence-electron chi connectivity index (χ0n) is 27.4. The van der Waals surface area contributed by atoms with Crippen molar-refractivity contribution >= 4 is 10.9 Å². The molecular weight excluding hydrogens is 554 g/mol. The first-order valence-corrected chi connectivity index (χ1v) is 17.1. The zero-order chi connectivity index (χ0) is 30.4. The Morgan fingerprint density at radius 1 is 0.841 bits per heavy atom. The van der Waals surface area contributed by atoms with Crippen molar-refractivity contribution in [3.05, 3.63) is 46.9 Å². The molecule has 0 radical (unpaired) electrons. The second-order valence-corrected chi connectivity index (χ2v) is 17.4. The molecule has 8 unspecified atom stereocenters. The Labute approximate surface area is 260 Å². The lowest BCUT2D eigenvalue weighted by Crippen LogP contribution is -2.66. The van der Waals surface area contributed by atoms with Gasteiger partial charge in [-0.2, -0.15) is 0 Å². The van der Waals surface area contributed by atoms with Crippen LogP contribution >= 0.6 is 0 Å². The fourth-order valence-corrected chi connectivity index (χ4v) is 11.1. The highest BCUT2D eigenvalue weighted by Gasteiger charge is 2.81. The fourth-order valence-electron chi connectivity index (χ4n) is 11.1. The van der Waals surface area contributed by atoms with Gasteiger partial charge in [0.1, 0.15) is 29.7 Å². The van der Waals surface area contributed by atoms with Gasteiger partial charge in [-0.25, -0.2) is 0 Å². The first-order chi connectivity index (χ1) is 20.7. The number of fused-ring (bicyclic) bond motifs is 9. The minimum absolute atomic E-state index is 0.00519. The first kappa shape index (κ1) is 27.2. The topological polar surface area (TPSA) is 81.1 Å². The van der Waals surface area contributed by atoms with E-state index in [-0.39, 0.29) is 46.4 Å². The third kappa shape index (κ3) is 3.12. The van der Waals surface area contributed by atoms with Gasteiger partial charge in [0.2, 0.25) is 0 Å². The summed E-state index contributed by atoms with van der Waals surface area (Å²) < 4.78 is 39.1. The molecule has 5 saturated heterocycles. The van der Waals surface area contributed by atoms with Crippen LogP contribution < -0.4 is 0 Å². The smallest absolute Gasteiger partial charge is 0.188 e. The number of aromatic amines is 1. The minimum Gasteiger partial charge on any atom is -0.486 e. The van der Waals surface area contributed by atoms with Crippen molar-refractivity contribution in [2.45, 2.75) is 152 Å². The van der Waals surface area contributed by atoms with E-state index in [9.17, 15) is 0 Å². The number of allylic oxidation sites excluding steroid dienone is 1. The highest BCUT2D eigenvalue weighted by Crippen LogP contribution is 2.73. The number of ether oxygens (including phenoxy) is 6. The van der Waals surface area contributed by atoms with E-state index in [1.807, 2.05) is 0 Å². The van der Waals surface area contributed by atoms with Crippen molar-refractivity contribution in [3.63, 3.8) is 0 Å². The molecule has 1 spiro atoms. The molecule has 236 valence electrons. The van der Waals surface area contributed by atoms with E-state index < -0.39 is 17.5 Å². The maximum atomic E-state index is 6.96. The average Bonchev–Trinajstić information content (AvgIpc) is 3.87. The van der Waals surface area contributed by atoms with E-state index in [1.54, 1.807) is 5.56 Å². The van der Waals surface area contributed by atoms with Crippen LogP contribution in [0.4, 0.5) is 0 Å². The van der Waals surface area contributed by atoms with Crippen molar-refractivity contribution in [1.29, 1.82) is 0 Å². The minimum atomic E-state index is -0.512. The van der Waals surface area contributed by atoms with E-state index in [0.29, 0.717) is 17.9 Å². The quantitative estimate of drug-likeness (QED) is 0.419. The highest BCUT2D eigenvalue weighted by molar-refractivity contribution is 5.89. The predicted molar refractivity (Wildman–Crippen MR) is 164 cm³/mol. The third-order valence-electron chi connectivity index (χ3n) is 14.0. The Morgan fingerprint density at radius 2 is 1.59 bits per heavy atom. The van der Waals surface area contributed by atoms with Crippen LogP contribution in [0.2, 0.25) is 0 Å². The van der Waals surface area contributed by atoms with E-state index in [2.05, 4.69) is 84.6 Å². The van der Waals surface area contributed by atoms with E-state index in [4.69, 9.17) is 28.4 Å². The Kier molecular flexibility index (Phi) is 4.82. The van der Waals surface area contributed by atoms with E-state index in [1.165, 1.54) is 28.6 Å². The van der Waals surface area contributed by atoms with Crippen LogP contribution in [0.5, 0.6) is 0 Å². The van der Waals surface area contributed by atoms with Gasteiger partial charge in [0.15, 0.2) is 18.0 Å². The molecule has 5 aliphatic heterocycles. The van der Waals surface area contributed by atoms with Crippen LogP contribution in [-0.4, -0.2) is 64.2 Å². The molecule has 8 aliphatic rings. The number of rotatable bonds is 3. The van der Waals surface area contributed by atoms with Crippen molar-refractivity contribution < 1.29 is 28.4 Å². The second-order valence-electron chi connectivity index (χ2n) is 17.4. The lowest BCUT2D eigenvalue weighted by Gasteiger charge is -2.60. The molecule has 7 nitrogen and oxygen atoms in total. The summed E-state index contributed by atoms with van der Waals surface area (Å²) in [7, 11) is 0. The van der Waals surface area contributed by atoms with Gasteiger partial charge in [-0.1, -0.05) is 26.0 Å². The van der Waals surface area contributed by atoms with Gasteiger partial charge in [0.25, 0.3) is 0 Å². The van der Waals surface area contributed by atoms with Crippen LogP contribution in [0.25, 0.3) is 10.9 Å². The maximum absolute atomic E-state index is 6.96. The molecule has 6 heterocycles. The summed E-state index contributed by atoms with van der Waals surface area (Å²) in [6.45, 7) is 18.0. The summed E-state index contributed by atoms with van der Waals surface area (Å²) in [6, 6.07) is 6.81. The van der Waals surface area contributed by atoms with Crippen molar-refractivity contribution in [2.24, 2.45) is 17.3 Å². The summed E-state index contributed by atoms with van der Waals surface area (Å²) in [5.41, 5.74) is 4.56. The van der Waals surface area contributed by atoms with Gasteiger partial charge in [-0.05, 0) is 102 Å². The number of epoxide rings is 3. The van der Waals surface area contributed by atoms with E-state index in [0.717, 1.165) is 31.4 Å². The predicted octanol–water partition coefficient (Wildman–Crippen LogP) is 6.26. The zero-order valence-corrected chi connectivity index (χ0v) is 27.4. The highest BCUT2D eigenvalue weighted by atomic mass is 16.8. The number of hydrogen-bond acceptors (Lipinski definition) is 6. The molecule has 0 bridgehead atoms. The fraction of sp³-hybridized carbons (Fsp3) is 0.730. The number of H-pyrrole nitrogens is 1. The number of aromatic nitrogens is 1. The van der Waals surface area contributed by atoms with E-state index >= 15 is 0 Å². The van der Waals surface area contributed by atoms with Crippen LogP contribution in [-0.2, 0) is 46.7 Å². The molecule has 1 N–H and O–H groups in total. The van der Waals surface area contributed by atoms with Crippen molar-refractivity contribution in [2.75, 3.05) is 0 Å². The summed E-state index contributed by atoms with van der Waals surface area (Å²) in [6.07, 6.45) is 7.22. The molecule has 10 rings (SSSR count). The normalized spacial score (nSPS) is 49.3. The number of benzene rings is 1. The van der Waals surface area contributed by atoms with Gasteiger partial charge >= 0.3 is 0 Å². The monoisotopic (exact) mass is 601 g/mol. The van der Waals surface area contributed by atoms with Gasteiger partial charge in [0, 0.05) is 34.4 Å². The molecular formula is C37H47NO6. The largest absolute Gasteiger partial charge is 0.486 e. The summed E-state index contributed by atoms with van der Waals surface area (Å²) in [5.74, 6) is 1.98. The lowest BCUT2D eigenvalue weighted by molar-refractivity contribution is -0.329. The standard InChI is InChI=1S/C37H47NO6/c1-32(2)24(41-32)16-18-10-9-11-21-25(18)20-17-19-12-13-22-35(7,36(19,8)27(20)38-21)15-14-23-37(22)29(43-37)26-28(39-23)33(3,4)44-31(40-26)30-34(5,6)42-30/h9-11,14,19,22,24,26,28-31,38H,12-13,15-17H2,1-8H3/t19-,22?,24?,26?,28?,29?,30?,31?,35-,36+,37?/m0/s1. The molecule has 2 aromatic rings. The van der Waals surface area contributed by atoms with Gasteiger partial charge < -0.3 is 33.4 Å². The summed E-state index contributed by atoms with van der Waals surface area (Å²) >= 11 is 0. The Morgan fingerprint density at radius 3 is 2.32 bits per heavy atom. The Balaban J connectivity index is 1.03. The Hall–Kier alpha value is -1.90. The van der Waals surface area contributed by atoms with Crippen LogP contribution in [0.15, 0.2) is 30.0 Å². The second kappa shape index (κ2) is 7.79.